The van der Waals surface area contributed by atoms with E-state index < -0.39 is 17.9 Å². The van der Waals surface area contributed by atoms with Crippen LogP contribution in [0.4, 0.5) is 0 Å². The molecule has 0 fully saturated rings. The van der Waals surface area contributed by atoms with Crippen molar-refractivity contribution >= 4 is 45.0 Å². The quantitative estimate of drug-likeness (QED) is 0.533. The van der Waals surface area contributed by atoms with Gasteiger partial charge in [0, 0.05) is 10.6 Å². The van der Waals surface area contributed by atoms with Crippen molar-refractivity contribution in [3.05, 3.63) is 57.9 Å². The molecule has 0 N–H and O–H groups in total. The fraction of sp³-hybridized carbons (Fsp3) is 0.286. The maximum absolute atomic E-state index is 12.7. The highest BCUT2D eigenvalue weighted by atomic mass is 35.5. The Kier molecular flexibility index (Phi) is 6.71. The Hall–Kier alpha value is -2.64. The molecule has 8 heteroatoms. The summed E-state index contributed by atoms with van der Waals surface area (Å²) in [5.41, 5.74) is 1.15. The summed E-state index contributed by atoms with van der Waals surface area (Å²) in [6.45, 7) is 6.20. The summed E-state index contributed by atoms with van der Waals surface area (Å²) in [5.74, 6) is -0.114. The smallest absolute Gasteiger partial charge is 0.328 e. The van der Waals surface area contributed by atoms with Gasteiger partial charge in [0.25, 0.3) is 5.91 Å². The third-order valence-electron chi connectivity index (χ3n) is 4.19. The molecular weight excluding hydrogens is 412 g/mol. The van der Waals surface area contributed by atoms with E-state index in [1.807, 2.05) is 25.1 Å². The molecule has 1 amide bonds. The van der Waals surface area contributed by atoms with Crippen LogP contribution in [-0.2, 0) is 9.53 Å². The first-order valence-electron chi connectivity index (χ1n) is 9.23. The first-order valence-corrected chi connectivity index (χ1v) is 10.4. The van der Waals surface area contributed by atoms with E-state index in [1.165, 1.54) is 11.3 Å². The minimum Gasteiger partial charge on any atom is -0.494 e. The van der Waals surface area contributed by atoms with E-state index in [0.717, 1.165) is 10.2 Å². The molecule has 1 atom stereocenters. The van der Waals surface area contributed by atoms with E-state index in [4.69, 9.17) is 21.1 Å². The molecule has 2 aromatic carbocycles. The van der Waals surface area contributed by atoms with Crippen LogP contribution in [0.5, 0.6) is 5.75 Å². The molecule has 0 aliphatic rings. The summed E-state index contributed by atoms with van der Waals surface area (Å²) in [5, 5.41) is 0.455. The number of hydrogen-bond donors (Lipinski definition) is 0. The lowest BCUT2D eigenvalue weighted by atomic mass is 10.2. The molecule has 0 aliphatic carbocycles. The van der Waals surface area contributed by atoms with Crippen LogP contribution >= 0.6 is 22.9 Å². The zero-order valence-corrected chi connectivity index (χ0v) is 17.9. The van der Waals surface area contributed by atoms with Gasteiger partial charge in [-0.1, -0.05) is 29.0 Å². The lowest BCUT2D eigenvalue weighted by Crippen LogP contribution is -2.27. The summed E-state index contributed by atoms with van der Waals surface area (Å²) >= 11 is 7.30. The second-order valence-corrected chi connectivity index (χ2v) is 7.62. The van der Waals surface area contributed by atoms with E-state index in [-0.39, 0.29) is 6.61 Å². The Labute approximate surface area is 177 Å². The van der Waals surface area contributed by atoms with Crippen molar-refractivity contribution in [2.45, 2.75) is 26.8 Å². The van der Waals surface area contributed by atoms with Crippen LogP contribution < -0.4 is 9.54 Å². The Morgan fingerprint density at radius 1 is 1.17 bits per heavy atom. The van der Waals surface area contributed by atoms with E-state index in [1.54, 1.807) is 42.7 Å². The average molecular weight is 433 g/mol. The summed E-state index contributed by atoms with van der Waals surface area (Å²) in [6.07, 6.45) is 0. The highest BCUT2D eigenvalue weighted by molar-refractivity contribution is 7.16. The molecule has 0 spiro atoms. The second-order valence-electron chi connectivity index (χ2n) is 6.17. The molecule has 152 valence electrons. The number of ether oxygens (including phenoxy) is 2. The molecule has 3 aromatic rings. The summed E-state index contributed by atoms with van der Waals surface area (Å²) in [6, 6.07) is 11.5. The maximum Gasteiger partial charge on any atom is 0.328 e. The van der Waals surface area contributed by atoms with Crippen LogP contribution in [0.25, 0.3) is 10.2 Å². The van der Waals surface area contributed by atoms with Gasteiger partial charge in [-0.15, -0.1) is 0 Å². The number of halogens is 1. The second kappa shape index (κ2) is 9.24. The molecule has 0 saturated heterocycles. The zero-order valence-electron chi connectivity index (χ0n) is 16.3. The molecular formula is C21H21ClN2O4S. The zero-order chi connectivity index (χ0) is 21.0. The number of fused-ring (bicyclic) bond motifs is 1. The summed E-state index contributed by atoms with van der Waals surface area (Å²) in [7, 11) is 0. The van der Waals surface area contributed by atoms with E-state index in [2.05, 4.69) is 4.99 Å². The molecule has 1 aromatic heterocycles. The van der Waals surface area contributed by atoms with E-state index in [0.29, 0.717) is 27.7 Å². The Morgan fingerprint density at radius 3 is 2.66 bits per heavy atom. The highest BCUT2D eigenvalue weighted by Gasteiger charge is 2.21. The van der Waals surface area contributed by atoms with Gasteiger partial charge >= 0.3 is 5.97 Å². The largest absolute Gasteiger partial charge is 0.494 e. The van der Waals surface area contributed by atoms with Gasteiger partial charge in [0.1, 0.15) is 11.8 Å². The van der Waals surface area contributed by atoms with E-state index in [9.17, 15) is 9.59 Å². The molecule has 3 rings (SSSR count). The van der Waals surface area contributed by atoms with Crippen LogP contribution in [0.15, 0.2) is 47.5 Å². The number of nitrogens with zero attached hydrogens (tertiary/aromatic N) is 2. The number of esters is 1. The maximum atomic E-state index is 12.7. The number of thiazole rings is 1. The van der Waals surface area contributed by atoms with Crippen molar-refractivity contribution in [2.24, 2.45) is 4.99 Å². The van der Waals surface area contributed by atoms with Crippen molar-refractivity contribution < 1.29 is 19.1 Å². The number of aromatic nitrogens is 1. The lowest BCUT2D eigenvalue weighted by Gasteiger charge is -2.14. The molecule has 0 radical (unpaired) electrons. The van der Waals surface area contributed by atoms with Crippen LogP contribution in [-0.4, -0.2) is 29.7 Å². The fourth-order valence-corrected chi connectivity index (χ4v) is 4.19. The number of benzene rings is 2. The SMILES string of the molecule is CCOC(=O)C(C)n1/c(=N/C(=O)c2cccc(Cl)c2)sc2cc(OCC)ccc21. The number of carbonyl (C=O) groups is 2. The van der Waals surface area contributed by atoms with Gasteiger partial charge in [-0.3, -0.25) is 4.79 Å². The third-order valence-corrected chi connectivity index (χ3v) is 5.45. The minimum absolute atomic E-state index is 0.272. The molecule has 1 unspecified atom stereocenters. The van der Waals surface area contributed by atoms with Gasteiger partial charge in [-0.05, 0) is 57.2 Å². The van der Waals surface area contributed by atoms with Crippen LogP contribution in [0.1, 0.15) is 37.2 Å². The topological polar surface area (TPSA) is 69.9 Å². The van der Waals surface area contributed by atoms with Crippen molar-refractivity contribution in [1.82, 2.24) is 4.57 Å². The van der Waals surface area contributed by atoms with Crippen molar-refractivity contribution in [2.75, 3.05) is 13.2 Å². The molecule has 6 nitrogen and oxygen atoms in total. The molecule has 0 bridgehead atoms. The number of rotatable bonds is 6. The summed E-state index contributed by atoms with van der Waals surface area (Å²) in [4.78, 5) is 29.8. The Balaban J connectivity index is 2.16. The number of amides is 1. The highest BCUT2D eigenvalue weighted by Crippen LogP contribution is 2.26. The van der Waals surface area contributed by atoms with Gasteiger partial charge in [-0.2, -0.15) is 4.99 Å². The van der Waals surface area contributed by atoms with Crippen molar-refractivity contribution in [1.29, 1.82) is 0 Å². The van der Waals surface area contributed by atoms with Gasteiger partial charge < -0.3 is 14.0 Å². The fourth-order valence-electron chi connectivity index (χ4n) is 2.87. The molecule has 29 heavy (non-hydrogen) atoms. The van der Waals surface area contributed by atoms with Crippen LogP contribution in [0, 0.1) is 0 Å². The first kappa shape index (κ1) is 21.1. The van der Waals surface area contributed by atoms with Gasteiger partial charge in [0.05, 0.1) is 23.4 Å². The standard InChI is InChI=1S/C21H21ClN2O4S/c1-4-27-16-9-10-17-18(12-16)29-21(24(17)13(3)20(26)28-5-2)23-19(25)14-7-6-8-15(22)11-14/h6-13H,4-5H2,1-3H3/b23-21-. The van der Waals surface area contributed by atoms with Gasteiger partial charge in [0.2, 0.25) is 0 Å². The van der Waals surface area contributed by atoms with Gasteiger partial charge in [-0.25, -0.2) is 4.79 Å². The molecule has 1 heterocycles. The molecule has 0 aliphatic heterocycles. The minimum atomic E-state index is -0.646. The number of carbonyl (C=O) groups excluding carboxylic acids is 2. The predicted octanol–water partition coefficient (Wildman–Crippen LogP) is 4.62. The monoisotopic (exact) mass is 432 g/mol. The van der Waals surface area contributed by atoms with Crippen molar-refractivity contribution in [3.8, 4) is 5.75 Å². The van der Waals surface area contributed by atoms with E-state index >= 15 is 0 Å². The van der Waals surface area contributed by atoms with Crippen molar-refractivity contribution in [3.63, 3.8) is 0 Å². The Morgan fingerprint density at radius 2 is 1.97 bits per heavy atom. The molecule has 0 saturated carbocycles. The number of hydrogen-bond acceptors (Lipinski definition) is 5. The van der Waals surface area contributed by atoms with Gasteiger partial charge in [0.15, 0.2) is 4.80 Å². The van der Waals surface area contributed by atoms with Crippen LogP contribution in [0.2, 0.25) is 5.02 Å². The summed E-state index contributed by atoms with van der Waals surface area (Å²) < 4.78 is 13.3. The predicted molar refractivity (Wildman–Crippen MR) is 114 cm³/mol. The third kappa shape index (κ3) is 4.68. The average Bonchev–Trinajstić information content (AvgIpc) is 3.04. The Bertz CT molecular complexity index is 1120. The lowest BCUT2D eigenvalue weighted by molar-refractivity contribution is -0.146. The first-order chi connectivity index (χ1) is 13.9. The van der Waals surface area contributed by atoms with Crippen LogP contribution in [0.3, 0.4) is 0 Å². The normalized spacial score (nSPS) is 12.8.